The van der Waals surface area contributed by atoms with E-state index in [1.54, 1.807) is 13.1 Å². The summed E-state index contributed by atoms with van der Waals surface area (Å²) in [7, 11) is 1.92. The predicted molar refractivity (Wildman–Crippen MR) is 66.2 cm³/mol. The highest BCUT2D eigenvalue weighted by atomic mass is 16.1. The lowest BCUT2D eigenvalue weighted by atomic mass is 10.4. The lowest BCUT2D eigenvalue weighted by Crippen LogP contribution is -2.10. The number of hydrogen-bond acceptors (Lipinski definition) is 4. The Hall–Kier alpha value is -2.37. The van der Waals surface area contributed by atoms with Gasteiger partial charge in [0.15, 0.2) is 0 Å². The molecule has 0 bridgehead atoms. The van der Waals surface area contributed by atoms with E-state index in [9.17, 15) is 4.79 Å². The number of rotatable bonds is 3. The molecule has 0 spiro atoms. The number of aromatic nitrogens is 3. The minimum absolute atomic E-state index is 0.200. The summed E-state index contributed by atoms with van der Waals surface area (Å²) < 4.78 is 1.93. The fourth-order valence-electron chi connectivity index (χ4n) is 1.40. The van der Waals surface area contributed by atoms with Gasteiger partial charge in [-0.25, -0.2) is 10.4 Å². The molecular weight excluding hydrogens is 218 g/mol. The molecule has 0 aromatic carbocycles. The van der Waals surface area contributed by atoms with Crippen LogP contribution in [0.5, 0.6) is 0 Å². The van der Waals surface area contributed by atoms with Crippen molar-refractivity contribution < 1.29 is 0 Å². The maximum absolute atomic E-state index is 11.2. The van der Waals surface area contributed by atoms with Gasteiger partial charge in [-0.1, -0.05) is 0 Å². The van der Waals surface area contributed by atoms with Gasteiger partial charge in [0.25, 0.3) is 5.56 Å². The van der Waals surface area contributed by atoms with Crippen LogP contribution in [0.3, 0.4) is 0 Å². The highest BCUT2D eigenvalue weighted by Crippen LogP contribution is 1.97. The van der Waals surface area contributed by atoms with Crippen LogP contribution in [0.2, 0.25) is 0 Å². The summed E-state index contributed by atoms with van der Waals surface area (Å²) in [5.74, 6) is 0.334. The minimum Gasteiger partial charge on any atom is -0.350 e. The zero-order valence-corrected chi connectivity index (χ0v) is 9.64. The SMILES string of the molecule is Cc1cc(=O)[nH]c(NN=Cc2cccn2C)n1. The Bertz CT molecular complexity index is 596. The summed E-state index contributed by atoms with van der Waals surface area (Å²) in [6.45, 7) is 1.75. The fourth-order valence-corrected chi connectivity index (χ4v) is 1.40. The van der Waals surface area contributed by atoms with Gasteiger partial charge in [0, 0.05) is 25.0 Å². The molecule has 0 unspecified atom stereocenters. The Morgan fingerprint density at radius 1 is 1.59 bits per heavy atom. The van der Waals surface area contributed by atoms with Gasteiger partial charge in [-0.3, -0.25) is 9.78 Å². The first-order valence-electron chi connectivity index (χ1n) is 5.13. The van der Waals surface area contributed by atoms with Gasteiger partial charge in [0.1, 0.15) is 0 Å². The first-order valence-corrected chi connectivity index (χ1v) is 5.13. The molecular formula is C11H13N5O. The van der Waals surface area contributed by atoms with Crippen LogP contribution in [0.1, 0.15) is 11.4 Å². The van der Waals surface area contributed by atoms with E-state index in [4.69, 9.17) is 0 Å². The molecule has 0 aliphatic rings. The van der Waals surface area contributed by atoms with Crippen LogP contribution >= 0.6 is 0 Å². The van der Waals surface area contributed by atoms with Gasteiger partial charge in [0.05, 0.1) is 11.9 Å². The third-order valence-electron chi connectivity index (χ3n) is 2.22. The molecule has 88 valence electrons. The van der Waals surface area contributed by atoms with Gasteiger partial charge < -0.3 is 4.57 Å². The minimum atomic E-state index is -0.200. The number of aryl methyl sites for hydroxylation is 2. The Morgan fingerprint density at radius 3 is 3.06 bits per heavy atom. The zero-order valence-electron chi connectivity index (χ0n) is 9.64. The second-order valence-corrected chi connectivity index (χ2v) is 3.65. The van der Waals surface area contributed by atoms with Crippen molar-refractivity contribution in [2.45, 2.75) is 6.92 Å². The molecule has 6 heteroatoms. The van der Waals surface area contributed by atoms with Crippen LogP contribution in [0.15, 0.2) is 34.3 Å². The summed E-state index contributed by atoms with van der Waals surface area (Å²) in [4.78, 5) is 17.8. The largest absolute Gasteiger partial charge is 0.350 e. The average Bonchev–Trinajstić information content (AvgIpc) is 2.63. The van der Waals surface area contributed by atoms with Gasteiger partial charge >= 0.3 is 0 Å². The Morgan fingerprint density at radius 2 is 2.41 bits per heavy atom. The summed E-state index contributed by atoms with van der Waals surface area (Å²) in [6.07, 6.45) is 3.58. The van der Waals surface area contributed by atoms with E-state index in [0.29, 0.717) is 11.6 Å². The summed E-state index contributed by atoms with van der Waals surface area (Å²) >= 11 is 0. The van der Waals surface area contributed by atoms with Crippen LogP contribution in [0.4, 0.5) is 5.95 Å². The van der Waals surface area contributed by atoms with Gasteiger partial charge in [-0.15, -0.1) is 0 Å². The molecule has 0 amide bonds. The first-order chi connectivity index (χ1) is 8.15. The predicted octanol–water partition coefficient (Wildman–Crippen LogP) is 0.863. The molecule has 2 heterocycles. The monoisotopic (exact) mass is 231 g/mol. The molecule has 0 fully saturated rings. The molecule has 2 aromatic heterocycles. The molecule has 0 atom stereocenters. The van der Waals surface area contributed by atoms with Crippen LogP contribution < -0.4 is 11.0 Å². The van der Waals surface area contributed by atoms with Crippen LogP contribution in [0, 0.1) is 6.92 Å². The van der Waals surface area contributed by atoms with Gasteiger partial charge in [-0.05, 0) is 19.1 Å². The smallest absolute Gasteiger partial charge is 0.252 e. The average molecular weight is 231 g/mol. The van der Waals surface area contributed by atoms with Gasteiger partial charge in [-0.2, -0.15) is 5.10 Å². The van der Waals surface area contributed by atoms with E-state index >= 15 is 0 Å². The molecule has 0 saturated heterocycles. The normalized spacial score (nSPS) is 10.9. The first kappa shape index (κ1) is 11.1. The van der Waals surface area contributed by atoms with E-state index in [-0.39, 0.29) is 5.56 Å². The number of anilines is 1. The van der Waals surface area contributed by atoms with Crippen molar-refractivity contribution in [3.63, 3.8) is 0 Å². The molecule has 0 radical (unpaired) electrons. The van der Waals surface area contributed by atoms with Crippen molar-refractivity contribution in [3.8, 4) is 0 Å². The topological polar surface area (TPSA) is 75.1 Å². The highest BCUT2D eigenvalue weighted by molar-refractivity contribution is 5.77. The quantitative estimate of drug-likeness (QED) is 0.607. The van der Waals surface area contributed by atoms with E-state index in [0.717, 1.165) is 5.69 Å². The van der Waals surface area contributed by atoms with E-state index in [2.05, 4.69) is 20.5 Å². The molecule has 2 aromatic rings. The second kappa shape index (κ2) is 4.65. The summed E-state index contributed by atoms with van der Waals surface area (Å²) in [5, 5.41) is 4.00. The molecule has 2 rings (SSSR count). The van der Waals surface area contributed by atoms with Crippen LogP contribution in [-0.4, -0.2) is 20.7 Å². The Balaban J connectivity index is 2.10. The van der Waals surface area contributed by atoms with Crippen molar-refractivity contribution in [1.29, 1.82) is 0 Å². The number of hydrogen-bond donors (Lipinski definition) is 2. The molecule has 0 saturated carbocycles. The van der Waals surface area contributed by atoms with E-state index in [1.807, 2.05) is 29.9 Å². The van der Waals surface area contributed by atoms with Crippen LogP contribution in [0.25, 0.3) is 0 Å². The standard InChI is InChI=1S/C11H13N5O/c1-8-6-10(17)14-11(13-8)15-12-7-9-4-3-5-16(9)2/h3-7H,1-2H3,(H2,13,14,15,17). The third kappa shape index (κ3) is 2.81. The van der Waals surface area contributed by atoms with Crippen LogP contribution in [-0.2, 0) is 7.05 Å². The lowest BCUT2D eigenvalue weighted by molar-refractivity contribution is 0.917. The van der Waals surface area contributed by atoms with E-state index in [1.165, 1.54) is 6.07 Å². The number of hydrazone groups is 1. The number of nitrogens with one attached hydrogen (secondary N) is 2. The second-order valence-electron chi connectivity index (χ2n) is 3.65. The highest BCUT2D eigenvalue weighted by Gasteiger charge is 1.95. The van der Waals surface area contributed by atoms with Crippen molar-refractivity contribution in [2.75, 3.05) is 5.43 Å². The number of nitrogens with zero attached hydrogens (tertiary/aromatic N) is 3. The molecule has 17 heavy (non-hydrogen) atoms. The molecule has 2 N–H and O–H groups in total. The van der Waals surface area contributed by atoms with Crippen molar-refractivity contribution >= 4 is 12.2 Å². The number of H-pyrrole nitrogens is 1. The molecule has 0 aliphatic carbocycles. The maximum Gasteiger partial charge on any atom is 0.252 e. The third-order valence-corrected chi connectivity index (χ3v) is 2.22. The van der Waals surface area contributed by atoms with Gasteiger partial charge in [0.2, 0.25) is 5.95 Å². The molecule has 0 aliphatic heterocycles. The number of aromatic amines is 1. The van der Waals surface area contributed by atoms with Crippen molar-refractivity contribution in [2.24, 2.45) is 12.1 Å². The maximum atomic E-state index is 11.2. The molecule has 6 nitrogen and oxygen atoms in total. The Labute approximate surface area is 98.0 Å². The van der Waals surface area contributed by atoms with Crippen molar-refractivity contribution in [1.82, 2.24) is 14.5 Å². The summed E-state index contributed by atoms with van der Waals surface area (Å²) in [6, 6.07) is 5.28. The Kier molecular flexibility index (Phi) is 3.04. The summed E-state index contributed by atoms with van der Waals surface area (Å²) in [5.41, 5.74) is 4.08. The van der Waals surface area contributed by atoms with E-state index < -0.39 is 0 Å². The van der Waals surface area contributed by atoms with Crippen molar-refractivity contribution in [3.05, 3.63) is 46.1 Å². The lowest BCUT2D eigenvalue weighted by Gasteiger charge is -2.00. The zero-order chi connectivity index (χ0) is 12.3. The fraction of sp³-hybridized carbons (Fsp3) is 0.182.